The van der Waals surface area contributed by atoms with E-state index in [2.05, 4.69) is 5.75 Å². The summed E-state index contributed by atoms with van der Waals surface area (Å²) in [6, 6.07) is 0. The minimum absolute atomic E-state index is 1.32. The highest BCUT2D eigenvalue weighted by atomic mass is 33.1. The van der Waals surface area contributed by atoms with Crippen LogP contribution in [0.2, 0.25) is 0 Å². The fraction of sp³-hybridized carbons (Fsp3) is 0.750. The van der Waals surface area contributed by atoms with Crippen molar-refractivity contribution in [2.45, 2.75) is 12.8 Å². The molecular weight excluding hydrogens is 112 g/mol. The summed E-state index contributed by atoms with van der Waals surface area (Å²) in [5.74, 6) is 3.62. The maximum absolute atomic E-state index is 2.27. The summed E-state index contributed by atoms with van der Waals surface area (Å²) in [6.45, 7) is 0. The minimum Gasteiger partial charge on any atom is -0.284 e. The van der Waals surface area contributed by atoms with Gasteiger partial charge in [0.15, 0.2) is 0 Å². The molecule has 0 aromatic rings. The second-order valence-corrected chi connectivity index (χ2v) is 3.68. The Balaban J connectivity index is 2.00. The SMILES string of the molecule is [CH-]1CCCSS1. The monoisotopic (exact) mass is 119 g/mol. The summed E-state index contributed by atoms with van der Waals surface area (Å²) in [7, 11) is 3.84. The molecule has 0 aromatic heterocycles. The largest absolute Gasteiger partial charge is 0.284 e. The van der Waals surface area contributed by atoms with Crippen molar-refractivity contribution in [3.8, 4) is 0 Å². The first-order valence-electron chi connectivity index (χ1n) is 2.10. The van der Waals surface area contributed by atoms with Gasteiger partial charge in [0.2, 0.25) is 0 Å². The molecule has 0 saturated carbocycles. The molecule has 0 nitrogen and oxygen atoms in total. The van der Waals surface area contributed by atoms with E-state index < -0.39 is 0 Å². The lowest BCUT2D eigenvalue weighted by Crippen LogP contribution is -1.81. The van der Waals surface area contributed by atoms with Crippen LogP contribution in [0.1, 0.15) is 12.8 Å². The Morgan fingerprint density at radius 2 is 2.50 bits per heavy atom. The van der Waals surface area contributed by atoms with Crippen LogP contribution in [0.25, 0.3) is 0 Å². The summed E-state index contributed by atoms with van der Waals surface area (Å²) < 4.78 is 0. The lowest BCUT2D eigenvalue weighted by atomic mass is 10.4. The van der Waals surface area contributed by atoms with Gasteiger partial charge in [0.1, 0.15) is 0 Å². The van der Waals surface area contributed by atoms with Gasteiger partial charge in [0.05, 0.1) is 0 Å². The van der Waals surface area contributed by atoms with Gasteiger partial charge in [-0.3, -0.25) is 16.5 Å². The molecule has 0 N–H and O–H groups in total. The Morgan fingerprint density at radius 1 is 1.50 bits per heavy atom. The van der Waals surface area contributed by atoms with E-state index in [4.69, 9.17) is 0 Å². The Hall–Kier alpha value is 0.700. The Morgan fingerprint density at radius 3 is 2.67 bits per heavy atom. The van der Waals surface area contributed by atoms with E-state index in [0.717, 1.165) is 0 Å². The molecule has 1 fully saturated rings. The first-order chi connectivity index (χ1) is 3.00. The molecule has 6 heavy (non-hydrogen) atoms. The molecule has 0 amide bonds. The number of rotatable bonds is 0. The molecule has 0 atom stereocenters. The Labute approximate surface area is 46.5 Å². The van der Waals surface area contributed by atoms with Gasteiger partial charge < -0.3 is 0 Å². The van der Waals surface area contributed by atoms with Crippen LogP contribution in [-0.2, 0) is 0 Å². The van der Waals surface area contributed by atoms with Crippen LogP contribution in [0.15, 0.2) is 0 Å². The van der Waals surface area contributed by atoms with E-state index >= 15 is 0 Å². The van der Waals surface area contributed by atoms with Gasteiger partial charge in [-0.1, -0.05) is 6.42 Å². The van der Waals surface area contributed by atoms with E-state index in [1.54, 1.807) is 0 Å². The van der Waals surface area contributed by atoms with Crippen molar-refractivity contribution in [3.63, 3.8) is 0 Å². The van der Waals surface area contributed by atoms with Crippen molar-refractivity contribution in [2.24, 2.45) is 0 Å². The lowest BCUT2D eigenvalue weighted by molar-refractivity contribution is 0.956. The first kappa shape index (κ1) is 4.85. The smallest absolute Gasteiger partial charge is 0.00127 e. The molecule has 1 rings (SSSR count). The zero-order valence-electron chi connectivity index (χ0n) is 3.52. The highest BCUT2D eigenvalue weighted by Crippen LogP contribution is 2.32. The van der Waals surface area contributed by atoms with Gasteiger partial charge in [-0.25, -0.2) is 0 Å². The predicted octanol–water partition coefficient (Wildman–Crippen LogP) is 2.32. The summed E-state index contributed by atoms with van der Waals surface area (Å²) in [5.41, 5.74) is 0. The zero-order chi connectivity index (χ0) is 4.24. The molecule has 0 radical (unpaired) electrons. The molecule has 0 aliphatic carbocycles. The quantitative estimate of drug-likeness (QED) is 0.354. The Bertz CT molecular complexity index is 21.0. The van der Waals surface area contributed by atoms with Crippen molar-refractivity contribution < 1.29 is 0 Å². The maximum Gasteiger partial charge on any atom is -0.00127 e. The zero-order valence-corrected chi connectivity index (χ0v) is 5.15. The van der Waals surface area contributed by atoms with Gasteiger partial charge in [0.25, 0.3) is 0 Å². The number of hydrogen-bond acceptors (Lipinski definition) is 2. The molecule has 0 aromatic carbocycles. The first-order valence-corrected chi connectivity index (χ1v) is 4.48. The molecule has 0 unspecified atom stereocenters. The lowest BCUT2D eigenvalue weighted by Gasteiger charge is -2.16. The fourth-order valence-electron chi connectivity index (χ4n) is 0.370. The van der Waals surface area contributed by atoms with Crippen LogP contribution in [0, 0.1) is 5.75 Å². The maximum atomic E-state index is 2.27. The van der Waals surface area contributed by atoms with E-state index in [1.165, 1.54) is 18.6 Å². The van der Waals surface area contributed by atoms with Crippen molar-refractivity contribution in [2.75, 3.05) is 5.75 Å². The highest BCUT2D eigenvalue weighted by Gasteiger charge is 1.86. The predicted molar refractivity (Wildman–Crippen MR) is 33.6 cm³/mol. The van der Waals surface area contributed by atoms with Crippen LogP contribution >= 0.6 is 21.6 Å². The van der Waals surface area contributed by atoms with Gasteiger partial charge in [-0.15, -0.1) is 10.8 Å². The standard InChI is InChI=1S/C4H7S2/c1-2-4-6-5-3-1/h3H,1-2,4H2/q-1. The normalized spacial score (nSPS) is 24.0. The molecule has 0 bridgehead atoms. The molecule has 2 heteroatoms. The third-order valence-corrected chi connectivity index (χ3v) is 2.97. The van der Waals surface area contributed by atoms with Gasteiger partial charge in [-0.2, -0.15) is 6.42 Å². The molecule has 1 saturated heterocycles. The molecule has 36 valence electrons. The molecule has 0 spiro atoms. The molecule has 1 aliphatic heterocycles. The minimum atomic E-state index is 1.32. The average molecular weight is 119 g/mol. The second-order valence-electron chi connectivity index (χ2n) is 1.23. The fourth-order valence-corrected chi connectivity index (χ4v) is 2.33. The van der Waals surface area contributed by atoms with Crippen molar-refractivity contribution in [1.82, 2.24) is 0 Å². The summed E-state index contributed by atoms with van der Waals surface area (Å²) in [4.78, 5) is 0. The van der Waals surface area contributed by atoms with Crippen LogP contribution in [-0.4, -0.2) is 5.75 Å². The molecular formula is C4H7S2-. The number of hydrogen-bond donors (Lipinski definition) is 0. The van der Waals surface area contributed by atoms with Gasteiger partial charge in [0, 0.05) is 0 Å². The third kappa shape index (κ3) is 1.43. The summed E-state index contributed by atoms with van der Waals surface area (Å²) in [5, 5.41) is 0. The van der Waals surface area contributed by atoms with Crippen molar-refractivity contribution in [3.05, 3.63) is 5.75 Å². The van der Waals surface area contributed by atoms with E-state index in [9.17, 15) is 0 Å². The van der Waals surface area contributed by atoms with Crippen molar-refractivity contribution in [1.29, 1.82) is 0 Å². The Kier molecular flexibility index (Phi) is 2.27. The van der Waals surface area contributed by atoms with E-state index in [1.807, 2.05) is 21.6 Å². The topological polar surface area (TPSA) is 0 Å². The highest BCUT2D eigenvalue weighted by molar-refractivity contribution is 8.77. The average Bonchev–Trinajstić information content (AvgIpc) is 1.72. The summed E-state index contributed by atoms with van der Waals surface area (Å²) in [6.07, 6.45) is 2.70. The molecule has 1 heterocycles. The van der Waals surface area contributed by atoms with Gasteiger partial charge in [-0.05, 0) is 5.75 Å². The van der Waals surface area contributed by atoms with E-state index in [-0.39, 0.29) is 0 Å². The third-order valence-electron chi connectivity index (χ3n) is 0.686. The van der Waals surface area contributed by atoms with Gasteiger partial charge >= 0.3 is 0 Å². The van der Waals surface area contributed by atoms with Crippen LogP contribution < -0.4 is 0 Å². The van der Waals surface area contributed by atoms with E-state index in [0.29, 0.717) is 0 Å². The van der Waals surface area contributed by atoms with Crippen molar-refractivity contribution >= 4 is 21.6 Å². The molecule has 1 aliphatic rings. The van der Waals surface area contributed by atoms with Crippen LogP contribution in [0.5, 0.6) is 0 Å². The van der Waals surface area contributed by atoms with Crippen LogP contribution in [0.4, 0.5) is 0 Å². The van der Waals surface area contributed by atoms with Crippen LogP contribution in [0.3, 0.4) is 0 Å². The second kappa shape index (κ2) is 2.80. The summed E-state index contributed by atoms with van der Waals surface area (Å²) >= 11 is 0.